The lowest BCUT2D eigenvalue weighted by Crippen LogP contribution is -2.23. The molecule has 1 unspecified atom stereocenters. The fourth-order valence-electron chi connectivity index (χ4n) is 7.68. The number of allylic oxidation sites excluding steroid dienone is 2. The van der Waals surface area contributed by atoms with Crippen LogP contribution in [0, 0.1) is 20.8 Å². The number of pyridine rings is 1. The molecule has 2 aliphatic heterocycles. The van der Waals surface area contributed by atoms with Gasteiger partial charge in [-0.25, -0.2) is 4.99 Å². The van der Waals surface area contributed by atoms with Crippen LogP contribution in [0.25, 0.3) is 29.1 Å². The van der Waals surface area contributed by atoms with E-state index in [2.05, 4.69) is 61.7 Å². The zero-order valence-corrected chi connectivity index (χ0v) is 31.2. The minimum absolute atomic E-state index is 0.105. The molecule has 8 bridgehead atoms. The van der Waals surface area contributed by atoms with E-state index in [1.807, 2.05) is 26.8 Å². The highest BCUT2D eigenvalue weighted by Crippen LogP contribution is 2.39. The second-order valence-electron chi connectivity index (χ2n) is 14.0. The van der Waals surface area contributed by atoms with Crippen LogP contribution >= 0.6 is 0 Å². The molecule has 0 aromatic carbocycles. The number of fused-ring (bicyclic) bond motifs is 7. The van der Waals surface area contributed by atoms with Gasteiger partial charge >= 0.3 is 5.97 Å². The summed E-state index contributed by atoms with van der Waals surface area (Å²) >= 11 is 0. The number of aliphatic imine (C=N–C) groups is 1. The molecule has 270 valence electrons. The van der Waals surface area contributed by atoms with Gasteiger partial charge in [0.05, 0.1) is 34.0 Å². The van der Waals surface area contributed by atoms with Crippen LogP contribution in [0.2, 0.25) is 0 Å². The summed E-state index contributed by atoms with van der Waals surface area (Å²) in [5, 5.41) is 24.2. The van der Waals surface area contributed by atoms with E-state index in [1.54, 1.807) is 0 Å². The lowest BCUT2D eigenvalue weighted by atomic mass is 9.94. The Hall–Kier alpha value is -4.83. The predicted octanol–water partition coefficient (Wildman–Crippen LogP) is 6.85. The summed E-state index contributed by atoms with van der Waals surface area (Å²) in [6.45, 7) is 17.5. The lowest BCUT2D eigenvalue weighted by molar-refractivity contribution is -0.136. The molecule has 5 N–H and O–H groups in total. The first-order chi connectivity index (χ1) is 24.4. The van der Waals surface area contributed by atoms with Crippen LogP contribution in [0.15, 0.2) is 26.6 Å². The molecule has 0 amide bonds. The van der Waals surface area contributed by atoms with Gasteiger partial charge in [-0.2, -0.15) is 0 Å². The molecule has 1 atom stereocenters. The number of carbonyl (C=O) groups is 1. The highest BCUT2D eigenvalue weighted by atomic mass is 16.5. The number of carboxylic acid groups (broad SMARTS) is 1. The topological polar surface area (TPSA) is 148 Å². The highest BCUT2D eigenvalue weighted by Gasteiger charge is 2.31. The van der Waals surface area contributed by atoms with E-state index >= 15 is 0 Å². The van der Waals surface area contributed by atoms with Crippen molar-refractivity contribution < 1.29 is 19.7 Å². The van der Waals surface area contributed by atoms with E-state index in [-0.39, 0.29) is 30.4 Å². The maximum Gasteiger partial charge on any atom is 0.303 e. The van der Waals surface area contributed by atoms with Crippen molar-refractivity contribution in [3.63, 3.8) is 0 Å². The Bertz CT molecular complexity index is 2320. The Morgan fingerprint density at radius 3 is 2.31 bits per heavy atom. The number of carboxylic acids is 1. The number of aromatic hydroxyl groups is 1. The largest absolute Gasteiger partial charge is 0.494 e. The second kappa shape index (κ2) is 14.4. The maximum atomic E-state index is 14.1. The van der Waals surface area contributed by atoms with Crippen LogP contribution in [0.3, 0.4) is 0 Å². The summed E-state index contributed by atoms with van der Waals surface area (Å²) in [7, 11) is 0. The minimum atomic E-state index is -0.922. The van der Waals surface area contributed by atoms with Crippen molar-refractivity contribution in [1.29, 1.82) is 0 Å². The van der Waals surface area contributed by atoms with Crippen molar-refractivity contribution in [2.75, 3.05) is 6.61 Å². The van der Waals surface area contributed by atoms with Gasteiger partial charge in [0.25, 0.3) is 5.56 Å². The molecule has 4 aromatic heterocycles. The van der Waals surface area contributed by atoms with Crippen molar-refractivity contribution in [2.45, 2.75) is 113 Å². The van der Waals surface area contributed by atoms with Gasteiger partial charge in [-0.15, -0.1) is 0 Å². The molecule has 0 fully saturated rings. The third-order valence-corrected chi connectivity index (χ3v) is 10.7. The van der Waals surface area contributed by atoms with Crippen molar-refractivity contribution in [3.8, 4) is 5.88 Å². The molecule has 51 heavy (non-hydrogen) atoms. The highest BCUT2D eigenvalue weighted by molar-refractivity contribution is 6.23. The molecule has 4 aromatic rings. The van der Waals surface area contributed by atoms with Gasteiger partial charge in [-0.3, -0.25) is 14.2 Å². The van der Waals surface area contributed by atoms with E-state index < -0.39 is 5.97 Å². The number of nitrogens with one attached hydrogen (secondary N) is 3. The van der Waals surface area contributed by atoms with Gasteiger partial charge in [0.2, 0.25) is 5.88 Å². The number of aromatic amines is 3. The van der Waals surface area contributed by atoms with E-state index in [9.17, 15) is 19.8 Å². The summed E-state index contributed by atoms with van der Waals surface area (Å²) in [5.41, 5.74) is 11.1. The number of H-pyrrole nitrogens is 3. The third-order valence-electron chi connectivity index (χ3n) is 10.7. The normalized spacial score (nSPS) is 14.6. The zero-order valence-electron chi connectivity index (χ0n) is 31.2. The monoisotopic (exact) mass is 693 g/mol. The SMILES string of the molecule is CCCCOC(C)c1c2[nH]c(c1C)C=C1N=C(C(CCC(=O)O)=C1C)c1c(O)n(CCCC)c(=O)c3c(C)c([nH]c13)C=c1[nH]c(c(C)c1CC)=C2. The van der Waals surface area contributed by atoms with Crippen LogP contribution in [-0.2, 0) is 22.5 Å². The fraction of sp³-hybridized carbons (Fsp3) is 0.439. The number of aliphatic carboxylic acids is 1. The van der Waals surface area contributed by atoms with Crippen molar-refractivity contribution >= 4 is 40.8 Å². The Labute approximate surface area is 298 Å². The van der Waals surface area contributed by atoms with Gasteiger partial charge in [0, 0.05) is 52.9 Å². The fourth-order valence-corrected chi connectivity index (χ4v) is 7.68. The first kappa shape index (κ1) is 36.0. The van der Waals surface area contributed by atoms with Gasteiger partial charge in [-0.05, 0) is 112 Å². The molecule has 0 spiro atoms. The maximum absolute atomic E-state index is 14.1. The Morgan fingerprint density at radius 1 is 0.922 bits per heavy atom. The van der Waals surface area contributed by atoms with Gasteiger partial charge < -0.3 is 29.9 Å². The Kier molecular flexibility index (Phi) is 10.2. The molecule has 10 heteroatoms. The average molecular weight is 694 g/mol. The minimum Gasteiger partial charge on any atom is -0.494 e. The molecule has 0 saturated carbocycles. The number of rotatable bonds is 12. The molecule has 6 heterocycles. The molecule has 0 radical (unpaired) electrons. The van der Waals surface area contributed by atoms with Gasteiger partial charge in [0.15, 0.2) is 0 Å². The molecular weight excluding hydrogens is 642 g/mol. The Morgan fingerprint density at radius 2 is 1.63 bits per heavy atom. The van der Waals surface area contributed by atoms with E-state index in [1.165, 1.54) is 10.1 Å². The molecule has 0 saturated heterocycles. The van der Waals surface area contributed by atoms with Crippen LogP contribution in [0.1, 0.15) is 130 Å². The lowest BCUT2D eigenvalue weighted by Gasteiger charge is -2.15. The van der Waals surface area contributed by atoms with E-state index in [4.69, 9.17) is 9.73 Å². The number of nitrogens with zero attached hydrogens (tertiary/aromatic N) is 2. The average Bonchev–Trinajstić information content (AvgIpc) is 3.77. The summed E-state index contributed by atoms with van der Waals surface area (Å²) in [6, 6.07) is 0. The third kappa shape index (κ3) is 6.35. The predicted molar refractivity (Wildman–Crippen MR) is 204 cm³/mol. The summed E-state index contributed by atoms with van der Waals surface area (Å²) in [6.07, 6.45) is 10.5. The smallest absolute Gasteiger partial charge is 0.303 e. The number of ether oxygens (including phenoxy) is 1. The number of aryl methyl sites for hydroxylation is 1. The summed E-state index contributed by atoms with van der Waals surface area (Å²) in [4.78, 5) is 42.1. The summed E-state index contributed by atoms with van der Waals surface area (Å²) < 4.78 is 7.81. The standard InChI is InChI=1S/C41H51N5O5/c1-9-12-16-46-40(49)36-24(7)31-19-32-26(11-3)21(4)28(42-32)20-33-35(25(8)51-17-13-10-2)23(6)30(43-33)18-29-22(5)27(14-15-34(47)48)38(44-29)37(41(46)50)39(36)45-31/h18-20,25,42-43,45,50H,9-17H2,1-8H3,(H,47,48). The van der Waals surface area contributed by atoms with Crippen LogP contribution < -0.4 is 16.3 Å². The molecule has 0 aliphatic carbocycles. The van der Waals surface area contributed by atoms with Gasteiger partial charge in [0.1, 0.15) is 0 Å². The van der Waals surface area contributed by atoms with E-state index in [0.717, 1.165) is 86.9 Å². The first-order valence-electron chi connectivity index (χ1n) is 18.4. The van der Waals surface area contributed by atoms with Crippen LogP contribution in [0.5, 0.6) is 5.88 Å². The van der Waals surface area contributed by atoms with Gasteiger partial charge in [-0.1, -0.05) is 33.6 Å². The molecule has 10 nitrogen and oxygen atoms in total. The van der Waals surface area contributed by atoms with Crippen LogP contribution in [0.4, 0.5) is 0 Å². The van der Waals surface area contributed by atoms with Crippen molar-refractivity contribution in [2.24, 2.45) is 4.99 Å². The molecule has 2 aliphatic rings. The first-order valence-corrected chi connectivity index (χ1v) is 18.4. The number of unbranched alkanes of at least 4 members (excludes halogenated alkanes) is 2. The molecular formula is C41H51N5O5. The zero-order chi connectivity index (χ0) is 36.7. The molecule has 6 rings (SSSR count). The quantitative estimate of drug-likeness (QED) is 0.103. The summed E-state index contributed by atoms with van der Waals surface area (Å²) in [5.74, 6) is -1.09. The number of hydrogen-bond donors (Lipinski definition) is 5. The van der Waals surface area contributed by atoms with Crippen molar-refractivity contribution in [1.82, 2.24) is 19.5 Å². The van der Waals surface area contributed by atoms with E-state index in [0.29, 0.717) is 47.4 Å². The van der Waals surface area contributed by atoms with Crippen molar-refractivity contribution in [3.05, 3.63) is 88.4 Å². The second-order valence-corrected chi connectivity index (χ2v) is 14.0. The van der Waals surface area contributed by atoms with Crippen LogP contribution in [-0.4, -0.2) is 48.0 Å². The number of hydrogen-bond acceptors (Lipinski definition) is 5. The Balaban J connectivity index is 1.75. The number of aromatic nitrogens is 4.